The van der Waals surface area contributed by atoms with Gasteiger partial charge in [0.2, 0.25) is 0 Å². The lowest BCUT2D eigenvalue weighted by Gasteiger charge is -2.16. The third-order valence-electron chi connectivity index (χ3n) is 5.57. The predicted molar refractivity (Wildman–Crippen MR) is 128 cm³/mol. The fraction of sp³-hybridized carbons (Fsp3) is 0.208. The Labute approximate surface area is 202 Å². The van der Waals surface area contributed by atoms with Crippen LogP contribution in [0.25, 0.3) is 5.69 Å². The number of nitrogens with two attached hydrogens (primary N) is 1. The molecule has 0 radical (unpaired) electrons. The van der Waals surface area contributed by atoms with E-state index >= 15 is 0 Å². The summed E-state index contributed by atoms with van der Waals surface area (Å²) in [4.78, 5) is 40.8. The summed E-state index contributed by atoms with van der Waals surface area (Å²) in [6.07, 6.45) is 0.222. The highest BCUT2D eigenvalue weighted by molar-refractivity contribution is 7.10. The molecule has 0 bridgehead atoms. The van der Waals surface area contributed by atoms with E-state index in [9.17, 15) is 23.2 Å². The second-order valence-electron chi connectivity index (χ2n) is 7.73. The zero-order valence-electron chi connectivity index (χ0n) is 18.7. The van der Waals surface area contributed by atoms with Crippen LogP contribution in [0.4, 0.5) is 8.78 Å². The lowest BCUT2D eigenvalue weighted by molar-refractivity contribution is 0.414. The van der Waals surface area contributed by atoms with E-state index in [0.717, 1.165) is 26.1 Å². The van der Waals surface area contributed by atoms with Crippen LogP contribution >= 0.6 is 11.3 Å². The van der Waals surface area contributed by atoms with Gasteiger partial charge in [0.1, 0.15) is 17.4 Å². The molecule has 2 aromatic heterocycles. The van der Waals surface area contributed by atoms with Gasteiger partial charge < -0.3 is 10.5 Å². The molecule has 0 aliphatic carbocycles. The number of methoxy groups -OCH3 is 1. The fourth-order valence-corrected chi connectivity index (χ4v) is 4.45. The highest BCUT2D eigenvalue weighted by atomic mass is 32.1. The number of benzene rings is 2. The SMILES string of the molecule is COc1cccc(-n2c(=O)n(CCC(N)c3cccs3)c(=O)n(Cc3c(F)cccc3F)c2=O)c1. The van der Waals surface area contributed by atoms with E-state index in [2.05, 4.69) is 0 Å². The molecule has 0 saturated heterocycles. The van der Waals surface area contributed by atoms with Crippen molar-refractivity contribution in [1.29, 1.82) is 0 Å². The third kappa shape index (κ3) is 4.86. The Morgan fingerprint density at radius 2 is 1.63 bits per heavy atom. The molecule has 0 aliphatic heterocycles. The van der Waals surface area contributed by atoms with Gasteiger partial charge in [-0.25, -0.2) is 36.9 Å². The summed E-state index contributed by atoms with van der Waals surface area (Å²) in [6.45, 7) is -0.807. The molecule has 2 N–H and O–H groups in total. The molecule has 1 unspecified atom stereocenters. The molecule has 0 fully saturated rings. The van der Waals surface area contributed by atoms with Crippen molar-refractivity contribution in [2.75, 3.05) is 7.11 Å². The monoisotopic (exact) mass is 500 g/mol. The van der Waals surface area contributed by atoms with Crippen LogP contribution in [0.3, 0.4) is 0 Å². The normalized spacial score (nSPS) is 12.0. The van der Waals surface area contributed by atoms with Gasteiger partial charge in [-0.2, -0.15) is 0 Å². The molecule has 0 aliphatic rings. The average Bonchev–Trinajstić information content (AvgIpc) is 3.38. The molecule has 2 heterocycles. The summed E-state index contributed by atoms with van der Waals surface area (Å²) in [5.41, 5.74) is 2.97. The molecular formula is C24H22F2N4O4S. The molecule has 11 heteroatoms. The molecule has 35 heavy (non-hydrogen) atoms. The lowest BCUT2D eigenvalue weighted by Crippen LogP contribution is -2.54. The molecule has 0 amide bonds. The van der Waals surface area contributed by atoms with Crippen molar-refractivity contribution in [1.82, 2.24) is 13.7 Å². The van der Waals surface area contributed by atoms with Crippen molar-refractivity contribution in [3.8, 4) is 11.4 Å². The van der Waals surface area contributed by atoms with Gasteiger partial charge in [0.25, 0.3) is 0 Å². The standard InChI is InChI=1S/C24H22F2N4O4S/c1-34-16-6-2-5-15(13-16)30-23(32)28(11-10-20(27)21-9-4-12-35-21)22(31)29(24(30)33)14-17-18(25)7-3-8-19(17)26/h2-9,12-13,20H,10-11,14,27H2,1H3. The molecule has 1 atom stereocenters. The van der Waals surface area contributed by atoms with E-state index in [-0.39, 0.29) is 18.7 Å². The topological polar surface area (TPSA) is 101 Å². The van der Waals surface area contributed by atoms with Gasteiger partial charge in [-0.3, -0.25) is 0 Å². The summed E-state index contributed by atoms with van der Waals surface area (Å²) in [5.74, 6) is -1.46. The second-order valence-corrected chi connectivity index (χ2v) is 8.71. The van der Waals surface area contributed by atoms with Crippen LogP contribution in [0.1, 0.15) is 22.9 Å². The molecule has 182 valence electrons. The van der Waals surface area contributed by atoms with Gasteiger partial charge in [-0.1, -0.05) is 18.2 Å². The van der Waals surface area contributed by atoms with E-state index in [1.807, 2.05) is 17.5 Å². The Balaban J connectivity index is 1.88. The maximum Gasteiger partial charge on any atom is 0.341 e. The van der Waals surface area contributed by atoms with Gasteiger partial charge in [0.15, 0.2) is 0 Å². The van der Waals surface area contributed by atoms with Crippen LogP contribution in [0.15, 0.2) is 74.4 Å². The molecular weight excluding hydrogens is 478 g/mol. The summed E-state index contributed by atoms with van der Waals surface area (Å²) in [5, 5.41) is 1.86. The number of rotatable bonds is 8. The Kier molecular flexibility index (Phi) is 7.08. The summed E-state index contributed by atoms with van der Waals surface area (Å²) < 4.78 is 36.1. The minimum absolute atomic E-state index is 0.110. The van der Waals surface area contributed by atoms with Crippen molar-refractivity contribution < 1.29 is 13.5 Å². The van der Waals surface area contributed by atoms with Crippen LogP contribution in [-0.2, 0) is 13.1 Å². The maximum absolute atomic E-state index is 14.3. The number of nitrogens with zero attached hydrogens (tertiary/aromatic N) is 3. The molecule has 2 aromatic carbocycles. The number of ether oxygens (including phenoxy) is 1. The van der Waals surface area contributed by atoms with Gasteiger partial charge in [-0.15, -0.1) is 11.3 Å². The number of halogens is 2. The zero-order chi connectivity index (χ0) is 25.1. The van der Waals surface area contributed by atoms with Gasteiger partial charge in [0, 0.05) is 29.1 Å². The molecule has 8 nitrogen and oxygen atoms in total. The molecule has 4 rings (SSSR count). The Bertz CT molecular complexity index is 1510. The van der Waals surface area contributed by atoms with E-state index in [1.54, 1.807) is 12.1 Å². The Hall–Kier alpha value is -3.83. The van der Waals surface area contributed by atoms with Crippen molar-refractivity contribution >= 4 is 11.3 Å². The van der Waals surface area contributed by atoms with Crippen LogP contribution in [0, 0.1) is 11.6 Å². The first-order chi connectivity index (χ1) is 16.8. The van der Waals surface area contributed by atoms with Crippen LogP contribution < -0.4 is 27.5 Å². The van der Waals surface area contributed by atoms with Crippen molar-refractivity contribution in [2.24, 2.45) is 5.73 Å². The van der Waals surface area contributed by atoms with Crippen LogP contribution in [-0.4, -0.2) is 20.8 Å². The fourth-order valence-electron chi connectivity index (χ4n) is 3.68. The smallest absolute Gasteiger partial charge is 0.341 e. The van der Waals surface area contributed by atoms with E-state index < -0.39 is 46.9 Å². The summed E-state index contributed by atoms with van der Waals surface area (Å²) in [7, 11) is 1.42. The number of aromatic nitrogens is 3. The predicted octanol–water partition coefficient (Wildman–Crippen LogP) is 2.65. The van der Waals surface area contributed by atoms with E-state index in [1.165, 1.54) is 36.6 Å². The molecule has 0 spiro atoms. The van der Waals surface area contributed by atoms with E-state index in [0.29, 0.717) is 10.3 Å². The summed E-state index contributed by atoms with van der Waals surface area (Å²) in [6, 6.07) is 12.6. The third-order valence-corrected chi connectivity index (χ3v) is 6.57. The number of thiophene rings is 1. The Morgan fingerprint density at radius 1 is 0.943 bits per heavy atom. The summed E-state index contributed by atoms with van der Waals surface area (Å²) >= 11 is 1.44. The van der Waals surface area contributed by atoms with Crippen molar-refractivity contribution in [3.63, 3.8) is 0 Å². The first kappa shape index (κ1) is 24.3. The first-order valence-electron chi connectivity index (χ1n) is 10.6. The van der Waals surface area contributed by atoms with E-state index in [4.69, 9.17) is 10.5 Å². The molecule has 4 aromatic rings. The van der Waals surface area contributed by atoms with Crippen molar-refractivity contribution in [3.05, 3.63) is 114 Å². The largest absolute Gasteiger partial charge is 0.497 e. The number of hydrogen-bond donors (Lipinski definition) is 1. The minimum atomic E-state index is -1.03. The van der Waals surface area contributed by atoms with Crippen LogP contribution in [0.2, 0.25) is 0 Å². The lowest BCUT2D eigenvalue weighted by atomic mass is 10.2. The highest BCUT2D eigenvalue weighted by Gasteiger charge is 2.20. The quantitative estimate of drug-likeness (QED) is 0.401. The average molecular weight is 501 g/mol. The van der Waals surface area contributed by atoms with Gasteiger partial charge >= 0.3 is 17.1 Å². The van der Waals surface area contributed by atoms with Gasteiger partial charge in [0.05, 0.1) is 19.3 Å². The van der Waals surface area contributed by atoms with Crippen molar-refractivity contribution in [2.45, 2.75) is 25.6 Å². The highest BCUT2D eigenvalue weighted by Crippen LogP contribution is 2.20. The molecule has 0 saturated carbocycles. The zero-order valence-corrected chi connectivity index (χ0v) is 19.5. The second kappa shape index (κ2) is 10.2. The first-order valence-corrected chi connectivity index (χ1v) is 11.5. The van der Waals surface area contributed by atoms with Crippen LogP contribution in [0.5, 0.6) is 5.75 Å². The Morgan fingerprint density at radius 3 is 2.29 bits per heavy atom. The minimum Gasteiger partial charge on any atom is -0.497 e. The number of hydrogen-bond acceptors (Lipinski definition) is 6. The van der Waals surface area contributed by atoms with Gasteiger partial charge in [-0.05, 0) is 42.1 Å². The maximum atomic E-state index is 14.3.